The molecule has 0 radical (unpaired) electrons. The zero-order valence-electron chi connectivity index (χ0n) is 12.5. The van der Waals surface area contributed by atoms with Gasteiger partial charge in [0, 0.05) is 6.20 Å². The summed E-state index contributed by atoms with van der Waals surface area (Å²) in [6.07, 6.45) is 1.72. The summed E-state index contributed by atoms with van der Waals surface area (Å²) < 4.78 is 11.2. The summed E-state index contributed by atoms with van der Waals surface area (Å²) >= 11 is 1.21. The van der Waals surface area contributed by atoms with Crippen LogP contribution in [-0.4, -0.2) is 33.3 Å². The molecule has 23 heavy (non-hydrogen) atoms. The van der Waals surface area contributed by atoms with Crippen LogP contribution in [0, 0.1) is 0 Å². The number of aromatic amines is 1. The van der Waals surface area contributed by atoms with Crippen molar-refractivity contribution < 1.29 is 13.9 Å². The molecule has 118 valence electrons. The molecule has 7 heteroatoms. The van der Waals surface area contributed by atoms with Crippen molar-refractivity contribution in [1.82, 2.24) is 15.2 Å². The van der Waals surface area contributed by atoms with Crippen LogP contribution in [0.15, 0.2) is 52.2 Å². The fourth-order valence-corrected chi connectivity index (χ4v) is 2.66. The summed E-state index contributed by atoms with van der Waals surface area (Å²) in [6.45, 7) is 2.47. The van der Waals surface area contributed by atoms with Crippen LogP contribution in [-0.2, 0) is 0 Å². The van der Waals surface area contributed by atoms with E-state index in [4.69, 9.17) is 9.15 Å². The minimum Gasteiger partial charge on any atom is -0.493 e. The zero-order chi connectivity index (χ0) is 16.1. The number of H-pyrrole nitrogens is 1. The summed E-state index contributed by atoms with van der Waals surface area (Å²) in [5, 5.41) is 8.36. The maximum absolute atomic E-state index is 11.9. The van der Waals surface area contributed by atoms with E-state index in [1.807, 2.05) is 31.2 Å². The van der Waals surface area contributed by atoms with E-state index in [1.54, 1.807) is 18.3 Å². The maximum Gasteiger partial charge on any atom is 0.277 e. The Morgan fingerprint density at radius 3 is 2.91 bits per heavy atom. The van der Waals surface area contributed by atoms with Crippen molar-refractivity contribution in [1.29, 1.82) is 0 Å². The van der Waals surface area contributed by atoms with Gasteiger partial charge in [0.2, 0.25) is 0 Å². The van der Waals surface area contributed by atoms with Gasteiger partial charge in [-0.15, -0.1) is 10.2 Å². The van der Waals surface area contributed by atoms with Crippen molar-refractivity contribution in [3.05, 3.63) is 48.3 Å². The van der Waals surface area contributed by atoms with Crippen LogP contribution in [0.25, 0.3) is 11.5 Å². The van der Waals surface area contributed by atoms with Gasteiger partial charge in [-0.1, -0.05) is 23.9 Å². The molecule has 3 aromatic rings. The molecule has 0 saturated heterocycles. The number of nitrogens with zero attached hydrogens (tertiary/aromatic N) is 2. The van der Waals surface area contributed by atoms with Gasteiger partial charge in [-0.3, -0.25) is 4.79 Å². The van der Waals surface area contributed by atoms with Gasteiger partial charge in [0.15, 0.2) is 5.78 Å². The normalized spacial score (nSPS) is 10.7. The predicted molar refractivity (Wildman–Crippen MR) is 86.8 cm³/mol. The molecule has 2 heterocycles. The number of carbonyl (C=O) groups excluding carboxylic acids is 1. The van der Waals surface area contributed by atoms with Gasteiger partial charge >= 0.3 is 0 Å². The second-order valence-electron chi connectivity index (χ2n) is 4.60. The third kappa shape index (κ3) is 3.62. The quantitative estimate of drug-likeness (QED) is 0.528. The molecule has 6 nitrogen and oxygen atoms in total. The van der Waals surface area contributed by atoms with Crippen LogP contribution in [0.1, 0.15) is 17.4 Å². The molecule has 0 bridgehead atoms. The molecule has 1 aromatic carbocycles. The number of benzene rings is 1. The van der Waals surface area contributed by atoms with Gasteiger partial charge in [-0.2, -0.15) is 0 Å². The van der Waals surface area contributed by atoms with Crippen molar-refractivity contribution in [3.8, 4) is 17.2 Å². The highest BCUT2D eigenvalue weighted by Gasteiger charge is 2.15. The van der Waals surface area contributed by atoms with Crippen LogP contribution in [0.4, 0.5) is 0 Å². The molecule has 0 amide bonds. The highest BCUT2D eigenvalue weighted by atomic mass is 32.2. The Hall–Kier alpha value is -2.54. The van der Waals surface area contributed by atoms with E-state index in [2.05, 4.69) is 15.2 Å². The van der Waals surface area contributed by atoms with Crippen LogP contribution in [0.3, 0.4) is 0 Å². The number of Topliss-reactive ketones (excluding diaryl/α,β-unsaturated/α-hetero) is 1. The number of thioether (sulfide) groups is 1. The predicted octanol–water partition coefficient (Wildman–Crippen LogP) is 3.44. The topological polar surface area (TPSA) is 81.0 Å². The fraction of sp³-hybridized carbons (Fsp3) is 0.188. The Morgan fingerprint density at radius 1 is 1.26 bits per heavy atom. The maximum atomic E-state index is 11.9. The summed E-state index contributed by atoms with van der Waals surface area (Å²) in [7, 11) is 0. The van der Waals surface area contributed by atoms with E-state index in [-0.39, 0.29) is 11.5 Å². The largest absolute Gasteiger partial charge is 0.493 e. The molecule has 3 rings (SSSR count). The lowest BCUT2D eigenvalue weighted by molar-refractivity contribution is 0.101. The highest BCUT2D eigenvalue weighted by Crippen LogP contribution is 2.30. The Labute approximate surface area is 137 Å². The van der Waals surface area contributed by atoms with Gasteiger partial charge < -0.3 is 14.1 Å². The van der Waals surface area contributed by atoms with E-state index in [9.17, 15) is 4.79 Å². The first kappa shape index (κ1) is 15.4. The Balaban J connectivity index is 1.70. The molecule has 1 N–H and O–H groups in total. The average Bonchev–Trinajstić information content (AvgIpc) is 3.25. The lowest BCUT2D eigenvalue weighted by atomic mass is 10.2. The Morgan fingerprint density at radius 2 is 2.13 bits per heavy atom. The number of rotatable bonds is 7. The van der Waals surface area contributed by atoms with Gasteiger partial charge in [0.05, 0.1) is 23.6 Å². The van der Waals surface area contributed by atoms with E-state index in [1.165, 1.54) is 11.8 Å². The number of ether oxygens (including phenoxy) is 1. The molecule has 0 aliphatic heterocycles. The summed E-state index contributed by atoms with van der Waals surface area (Å²) in [5.41, 5.74) is 1.31. The number of hydrogen-bond donors (Lipinski definition) is 1. The lowest BCUT2D eigenvalue weighted by Crippen LogP contribution is -2.02. The monoisotopic (exact) mass is 329 g/mol. The number of carbonyl (C=O) groups is 1. The SMILES string of the molecule is CCOc1ccccc1-c1nnc(SCC(=O)c2ccc[nH]2)o1. The summed E-state index contributed by atoms with van der Waals surface area (Å²) in [6, 6.07) is 11.0. The molecular weight excluding hydrogens is 314 g/mol. The minimum atomic E-state index is -0.0190. The number of nitrogens with one attached hydrogen (secondary N) is 1. The van der Waals surface area contributed by atoms with E-state index in [0.29, 0.717) is 29.2 Å². The summed E-state index contributed by atoms with van der Waals surface area (Å²) in [5.74, 6) is 1.28. The second kappa shape index (κ2) is 7.15. The molecule has 0 unspecified atom stereocenters. The van der Waals surface area contributed by atoms with Gasteiger partial charge in [0.25, 0.3) is 11.1 Å². The number of ketones is 1. The molecule has 0 aliphatic carbocycles. The first-order valence-corrected chi connectivity index (χ1v) is 8.11. The zero-order valence-corrected chi connectivity index (χ0v) is 13.3. The van der Waals surface area contributed by atoms with E-state index < -0.39 is 0 Å². The number of hydrogen-bond acceptors (Lipinski definition) is 6. The van der Waals surface area contributed by atoms with E-state index in [0.717, 1.165) is 5.56 Å². The third-order valence-corrected chi connectivity index (χ3v) is 3.87. The average molecular weight is 329 g/mol. The van der Waals surface area contributed by atoms with Gasteiger partial charge in [0.1, 0.15) is 5.75 Å². The van der Waals surface area contributed by atoms with Crippen LogP contribution < -0.4 is 4.74 Å². The molecular formula is C16H15N3O3S. The standard InChI is InChI=1S/C16H15N3O3S/c1-2-21-14-8-4-3-6-11(14)15-18-19-16(22-15)23-10-13(20)12-7-5-9-17-12/h3-9,17H,2,10H2,1H3. The van der Waals surface area contributed by atoms with Crippen LogP contribution in [0.5, 0.6) is 5.75 Å². The number of aromatic nitrogens is 3. The minimum absolute atomic E-state index is 0.0190. The van der Waals surface area contributed by atoms with Crippen molar-refractivity contribution in [3.63, 3.8) is 0 Å². The fourth-order valence-electron chi connectivity index (χ4n) is 2.01. The molecule has 0 fully saturated rings. The third-order valence-electron chi connectivity index (χ3n) is 3.05. The van der Waals surface area contributed by atoms with Crippen LogP contribution >= 0.6 is 11.8 Å². The molecule has 0 saturated carbocycles. The first-order chi connectivity index (χ1) is 11.3. The smallest absolute Gasteiger partial charge is 0.277 e. The second-order valence-corrected chi connectivity index (χ2v) is 5.52. The Bertz CT molecular complexity index is 783. The van der Waals surface area contributed by atoms with Crippen molar-refractivity contribution >= 4 is 17.5 Å². The molecule has 0 spiro atoms. The van der Waals surface area contributed by atoms with Crippen LogP contribution in [0.2, 0.25) is 0 Å². The summed E-state index contributed by atoms with van der Waals surface area (Å²) in [4.78, 5) is 14.8. The van der Waals surface area contributed by atoms with Crippen molar-refractivity contribution in [2.24, 2.45) is 0 Å². The Kier molecular flexibility index (Phi) is 4.77. The van der Waals surface area contributed by atoms with Gasteiger partial charge in [-0.25, -0.2) is 0 Å². The molecule has 2 aromatic heterocycles. The lowest BCUT2D eigenvalue weighted by Gasteiger charge is -2.05. The molecule has 0 atom stereocenters. The number of para-hydroxylation sites is 1. The van der Waals surface area contributed by atoms with Gasteiger partial charge in [-0.05, 0) is 31.2 Å². The van der Waals surface area contributed by atoms with E-state index >= 15 is 0 Å². The highest BCUT2D eigenvalue weighted by molar-refractivity contribution is 7.99. The van der Waals surface area contributed by atoms with Crippen molar-refractivity contribution in [2.75, 3.05) is 12.4 Å². The van der Waals surface area contributed by atoms with Crippen molar-refractivity contribution in [2.45, 2.75) is 12.1 Å². The first-order valence-electron chi connectivity index (χ1n) is 7.13. The molecule has 0 aliphatic rings.